The lowest BCUT2D eigenvalue weighted by molar-refractivity contribution is 0.0935. The van der Waals surface area contributed by atoms with Crippen molar-refractivity contribution in [2.75, 3.05) is 25.7 Å². The van der Waals surface area contributed by atoms with Gasteiger partial charge >= 0.3 is 0 Å². The van der Waals surface area contributed by atoms with Gasteiger partial charge in [-0.2, -0.15) is 10.8 Å². The Morgan fingerprint density at radius 1 is 1.31 bits per heavy atom. The molecule has 2 aromatic rings. The van der Waals surface area contributed by atoms with E-state index in [2.05, 4.69) is 21.1 Å². The predicted molar refractivity (Wildman–Crippen MR) is 103 cm³/mol. The molecule has 1 aliphatic rings. The van der Waals surface area contributed by atoms with E-state index in [0.29, 0.717) is 10.6 Å². The van der Waals surface area contributed by atoms with Crippen molar-refractivity contribution in [1.82, 2.24) is 10.6 Å². The molecule has 140 valence electrons. The lowest BCUT2D eigenvalue weighted by atomic mass is 10.1. The van der Waals surface area contributed by atoms with Gasteiger partial charge in [0.15, 0.2) is 0 Å². The number of ether oxygens (including phenoxy) is 1. The minimum absolute atomic E-state index is 0.126. The summed E-state index contributed by atoms with van der Waals surface area (Å²) >= 11 is 1.41. The topological polar surface area (TPSA) is 97.6 Å². The van der Waals surface area contributed by atoms with Crippen molar-refractivity contribution in [3.8, 4) is 16.2 Å². The van der Waals surface area contributed by atoms with Crippen LogP contribution in [0.2, 0.25) is 0 Å². The molecule has 1 aliphatic heterocycles. The van der Waals surface area contributed by atoms with E-state index in [1.54, 1.807) is 7.11 Å². The minimum Gasteiger partial charge on any atom is -0.497 e. The van der Waals surface area contributed by atoms with Crippen LogP contribution in [0.3, 0.4) is 0 Å². The first-order valence-electron chi connectivity index (χ1n) is 8.63. The van der Waals surface area contributed by atoms with Gasteiger partial charge < -0.3 is 15.4 Å². The van der Waals surface area contributed by atoms with Gasteiger partial charge in [-0.1, -0.05) is 6.42 Å². The largest absolute Gasteiger partial charge is 0.497 e. The zero-order chi connectivity index (χ0) is 18.4. The van der Waals surface area contributed by atoms with E-state index in [1.165, 1.54) is 11.3 Å². The molecule has 26 heavy (non-hydrogen) atoms. The normalized spacial score (nSPS) is 17.4. The smallest absolute Gasteiger partial charge is 0.254 e. The highest BCUT2D eigenvalue weighted by Gasteiger charge is 2.21. The van der Waals surface area contributed by atoms with Gasteiger partial charge in [0, 0.05) is 17.5 Å². The number of amides is 1. The molecule has 1 fully saturated rings. The first-order chi connectivity index (χ1) is 12.7. The van der Waals surface area contributed by atoms with Crippen LogP contribution >= 0.6 is 11.3 Å². The highest BCUT2D eigenvalue weighted by molar-refractivity contribution is 7.19. The lowest BCUT2D eigenvalue weighted by Crippen LogP contribution is -2.40. The zero-order valence-electron chi connectivity index (χ0n) is 14.7. The Balaban J connectivity index is 1.80. The predicted octanol–water partition coefficient (Wildman–Crippen LogP) is 2.51. The summed E-state index contributed by atoms with van der Waals surface area (Å²) in [6, 6.07) is 9.66. The second-order valence-corrected chi connectivity index (χ2v) is 7.22. The Hall–Kier alpha value is -2.13. The highest BCUT2D eigenvalue weighted by atomic mass is 32.1. The van der Waals surface area contributed by atoms with Gasteiger partial charge in [-0.25, -0.2) is 5.48 Å². The van der Waals surface area contributed by atoms with Crippen molar-refractivity contribution >= 4 is 22.2 Å². The number of hydrogen-bond acceptors (Lipinski definition) is 7. The molecule has 0 spiro atoms. The molecular formula is C18H24N4O3S. The Bertz CT molecular complexity index is 725. The summed E-state index contributed by atoms with van der Waals surface area (Å²) in [5.41, 5.74) is 4.13. The van der Waals surface area contributed by atoms with E-state index in [9.17, 15) is 4.79 Å². The zero-order valence-corrected chi connectivity index (χ0v) is 15.5. The molecule has 5 N–H and O–H groups in total. The van der Waals surface area contributed by atoms with Crippen LogP contribution in [0.5, 0.6) is 5.75 Å². The van der Waals surface area contributed by atoms with Gasteiger partial charge in [0.2, 0.25) is 0 Å². The van der Waals surface area contributed by atoms with Gasteiger partial charge in [-0.15, -0.1) is 11.3 Å². The highest BCUT2D eigenvalue weighted by Crippen LogP contribution is 2.36. The Morgan fingerprint density at radius 2 is 2.12 bits per heavy atom. The number of thiophene rings is 1. The van der Waals surface area contributed by atoms with Crippen molar-refractivity contribution < 1.29 is 14.5 Å². The van der Waals surface area contributed by atoms with Crippen molar-refractivity contribution in [1.29, 1.82) is 0 Å². The van der Waals surface area contributed by atoms with E-state index in [-0.39, 0.29) is 11.9 Å². The molecule has 0 unspecified atom stereocenters. The first kappa shape index (κ1) is 18.7. The Labute approximate surface area is 156 Å². The maximum absolute atomic E-state index is 12.8. The standard InChI is InChI=1S/C18H24N4O3S/c1-24-14-7-5-12(6-8-14)16-10-15(18(26-16)22-25-19)17(23)21-13-4-2-3-9-20-11-13/h5-8,10,13,20,22H,2-4,9,11,19H2,1H3,(H,21,23)/t13-/m0/s1. The minimum atomic E-state index is -0.130. The number of nitrogens with two attached hydrogens (primary N) is 1. The van der Waals surface area contributed by atoms with Crippen LogP contribution in [0.1, 0.15) is 29.6 Å². The maximum atomic E-state index is 12.8. The van der Waals surface area contributed by atoms with Gasteiger partial charge in [0.1, 0.15) is 10.8 Å². The second kappa shape index (κ2) is 9.00. The van der Waals surface area contributed by atoms with Crippen LogP contribution in [0.25, 0.3) is 10.4 Å². The molecule has 0 radical (unpaired) electrons. The molecule has 1 saturated heterocycles. The average Bonchev–Trinajstić information content (AvgIpc) is 2.91. The summed E-state index contributed by atoms with van der Waals surface area (Å²) < 4.78 is 5.19. The lowest BCUT2D eigenvalue weighted by Gasteiger charge is -2.16. The summed E-state index contributed by atoms with van der Waals surface area (Å²) in [4.78, 5) is 18.3. The molecule has 2 heterocycles. The maximum Gasteiger partial charge on any atom is 0.254 e. The van der Waals surface area contributed by atoms with Crippen molar-refractivity contribution in [3.63, 3.8) is 0 Å². The van der Waals surface area contributed by atoms with Crippen molar-refractivity contribution in [2.24, 2.45) is 5.90 Å². The number of nitrogens with one attached hydrogen (secondary N) is 3. The molecule has 0 aliphatic carbocycles. The number of carbonyl (C=O) groups excluding carboxylic acids is 1. The molecule has 8 heteroatoms. The SMILES string of the molecule is COc1ccc(-c2cc(C(=O)N[C@H]3CCCCNC3)c(NON)s2)cc1. The van der Waals surface area contributed by atoms with Crippen LogP contribution < -0.4 is 26.7 Å². The fourth-order valence-corrected chi connectivity index (χ4v) is 3.99. The summed E-state index contributed by atoms with van der Waals surface area (Å²) in [6.45, 7) is 1.79. The van der Waals surface area contributed by atoms with Gasteiger partial charge in [0.25, 0.3) is 5.91 Å². The Morgan fingerprint density at radius 3 is 2.85 bits per heavy atom. The van der Waals surface area contributed by atoms with Crippen LogP contribution in [0, 0.1) is 0 Å². The third-order valence-corrected chi connectivity index (χ3v) is 5.47. The monoisotopic (exact) mass is 376 g/mol. The van der Waals surface area contributed by atoms with E-state index in [4.69, 9.17) is 10.6 Å². The van der Waals surface area contributed by atoms with Crippen molar-refractivity contribution in [2.45, 2.75) is 25.3 Å². The number of hydrogen-bond donors (Lipinski definition) is 4. The number of carbonyl (C=O) groups is 1. The average molecular weight is 376 g/mol. The fourth-order valence-electron chi connectivity index (χ4n) is 2.99. The third kappa shape index (κ3) is 4.53. The van der Waals surface area contributed by atoms with Crippen LogP contribution in [-0.2, 0) is 4.94 Å². The number of anilines is 1. The summed E-state index contributed by atoms with van der Waals surface area (Å²) in [5, 5.41) is 7.04. The molecule has 1 aromatic carbocycles. The van der Waals surface area contributed by atoms with E-state index >= 15 is 0 Å². The quantitative estimate of drug-likeness (QED) is 0.579. The first-order valence-corrected chi connectivity index (χ1v) is 9.44. The van der Waals surface area contributed by atoms with Crippen LogP contribution in [-0.4, -0.2) is 32.1 Å². The van der Waals surface area contributed by atoms with Gasteiger partial charge in [-0.05, 0) is 55.3 Å². The third-order valence-electron chi connectivity index (χ3n) is 4.38. The molecule has 1 atom stereocenters. The Kier molecular flexibility index (Phi) is 6.45. The van der Waals surface area contributed by atoms with Crippen molar-refractivity contribution in [3.05, 3.63) is 35.9 Å². The molecule has 1 amide bonds. The molecule has 0 bridgehead atoms. The molecule has 3 rings (SSSR count). The second-order valence-electron chi connectivity index (χ2n) is 6.17. The number of methoxy groups -OCH3 is 1. The fraction of sp³-hybridized carbons (Fsp3) is 0.389. The van der Waals surface area contributed by atoms with E-state index in [0.717, 1.165) is 48.5 Å². The van der Waals surface area contributed by atoms with E-state index < -0.39 is 0 Å². The molecule has 0 saturated carbocycles. The van der Waals surface area contributed by atoms with Crippen LogP contribution in [0.15, 0.2) is 30.3 Å². The molecule has 7 nitrogen and oxygen atoms in total. The summed E-state index contributed by atoms with van der Waals surface area (Å²) in [5.74, 6) is 5.81. The van der Waals surface area contributed by atoms with Crippen LogP contribution in [0.4, 0.5) is 5.00 Å². The number of benzene rings is 1. The van der Waals surface area contributed by atoms with Gasteiger partial charge in [-0.3, -0.25) is 4.79 Å². The molecule has 1 aromatic heterocycles. The number of rotatable bonds is 6. The van der Waals surface area contributed by atoms with E-state index in [1.807, 2.05) is 30.3 Å². The molecular weight excluding hydrogens is 352 g/mol. The summed E-state index contributed by atoms with van der Waals surface area (Å²) in [7, 11) is 1.63. The van der Waals surface area contributed by atoms with Gasteiger partial charge in [0.05, 0.1) is 12.7 Å². The summed E-state index contributed by atoms with van der Waals surface area (Å²) in [6.07, 6.45) is 3.22.